The summed E-state index contributed by atoms with van der Waals surface area (Å²) in [4.78, 5) is 15.5. The van der Waals surface area contributed by atoms with Gasteiger partial charge in [0.05, 0.1) is 17.1 Å². The van der Waals surface area contributed by atoms with Crippen molar-refractivity contribution in [3.63, 3.8) is 0 Å². The number of nitrogens with one attached hydrogen (secondary N) is 1. The van der Waals surface area contributed by atoms with Gasteiger partial charge in [-0.2, -0.15) is 0 Å². The van der Waals surface area contributed by atoms with Crippen molar-refractivity contribution < 1.29 is 9.53 Å². The molecule has 1 aliphatic heterocycles. The molecule has 0 radical (unpaired) electrons. The number of urea groups is 1. The van der Waals surface area contributed by atoms with Crippen LogP contribution >= 0.6 is 22.9 Å². The lowest BCUT2D eigenvalue weighted by Crippen LogP contribution is -2.38. The van der Waals surface area contributed by atoms with Crippen molar-refractivity contribution in [2.75, 3.05) is 19.0 Å². The van der Waals surface area contributed by atoms with E-state index in [4.69, 9.17) is 16.3 Å². The first kappa shape index (κ1) is 14.2. The van der Waals surface area contributed by atoms with Crippen LogP contribution in [0.15, 0.2) is 30.3 Å². The first-order valence-electron chi connectivity index (χ1n) is 6.63. The lowest BCUT2D eigenvalue weighted by molar-refractivity contribution is 0.206. The second kappa shape index (κ2) is 5.95. The van der Waals surface area contributed by atoms with Gasteiger partial charge >= 0.3 is 6.03 Å². The fourth-order valence-electron chi connectivity index (χ4n) is 2.41. The van der Waals surface area contributed by atoms with Crippen LogP contribution in [0.1, 0.15) is 10.4 Å². The van der Waals surface area contributed by atoms with E-state index in [2.05, 4.69) is 5.32 Å². The number of halogens is 1. The third kappa shape index (κ3) is 2.99. The number of methoxy groups -OCH3 is 1. The maximum Gasteiger partial charge on any atom is 0.322 e. The van der Waals surface area contributed by atoms with Gasteiger partial charge in [0.2, 0.25) is 0 Å². The Labute approximate surface area is 132 Å². The standard InChI is InChI=1S/C15H15ClN2O2S/c1-20-12-5-3-2-4-11(12)17-15(19)18-7-6-13-10(9-18)8-14(16)21-13/h2-5,8H,6-7,9H2,1H3,(H,17,19). The number of amides is 2. The molecular formula is C15H15ClN2O2S. The number of hydrogen-bond donors (Lipinski definition) is 1. The van der Waals surface area contributed by atoms with E-state index in [9.17, 15) is 4.79 Å². The predicted molar refractivity (Wildman–Crippen MR) is 85.5 cm³/mol. The Kier molecular flexibility index (Phi) is 4.03. The predicted octanol–water partition coefficient (Wildman–Crippen LogP) is 4.00. The smallest absolute Gasteiger partial charge is 0.322 e. The molecule has 6 heteroatoms. The summed E-state index contributed by atoms with van der Waals surface area (Å²) in [6.07, 6.45) is 0.853. The van der Waals surface area contributed by atoms with E-state index in [-0.39, 0.29) is 6.03 Å². The average molecular weight is 323 g/mol. The zero-order valence-electron chi connectivity index (χ0n) is 11.6. The summed E-state index contributed by atoms with van der Waals surface area (Å²) in [6.45, 7) is 1.30. The average Bonchev–Trinajstić information content (AvgIpc) is 2.86. The minimum atomic E-state index is -0.118. The Balaban J connectivity index is 1.72. The zero-order chi connectivity index (χ0) is 14.8. The molecule has 21 heavy (non-hydrogen) atoms. The number of carbonyl (C=O) groups excluding carboxylic acids is 1. The number of nitrogens with zero attached hydrogens (tertiary/aromatic N) is 1. The van der Waals surface area contributed by atoms with Gasteiger partial charge in [0, 0.05) is 18.0 Å². The van der Waals surface area contributed by atoms with Gasteiger partial charge in [0.1, 0.15) is 5.75 Å². The van der Waals surface area contributed by atoms with E-state index in [1.807, 2.05) is 30.3 Å². The first-order chi connectivity index (χ1) is 10.2. The zero-order valence-corrected chi connectivity index (χ0v) is 13.1. The number of hydrogen-bond acceptors (Lipinski definition) is 3. The number of anilines is 1. The van der Waals surface area contributed by atoms with Crippen molar-refractivity contribution >= 4 is 34.7 Å². The topological polar surface area (TPSA) is 41.6 Å². The first-order valence-corrected chi connectivity index (χ1v) is 7.83. The molecule has 0 bridgehead atoms. The quantitative estimate of drug-likeness (QED) is 0.908. The van der Waals surface area contributed by atoms with Crippen LogP contribution in [0.3, 0.4) is 0 Å². The molecule has 4 nitrogen and oxygen atoms in total. The molecule has 0 aliphatic carbocycles. The number of thiophene rings is 1. The summed E-state index contributed by atoms with van der Waals surface area (Å²) in [6, 6.07) is 9.22. The number of ether oxygens (including phenoxy) is 1. The van der Waals surface area contributed by atoms with E-state index in [0.29, 0.717) is 24.5 Å². The molecule has 0 fully saturated rings. The normalized spacial score (nSPS) is 13.7. The lowest BCUT2D eigenvalue weighted by atomic mass is 10.1. The Morgan fingerprint density at radius 3 is 3.05 bits per heavy atom. The number of para-hydroxylation sites is 2. The summed E-state index contributed by atoms with van der Waals surface area (Å²) >= 11 is 7.63. The summed E-state index contributed by atoms with van der Waals surface area (Å²) in [5, 5.41) is 2.90. The molecule has 2 aromatic rings. The molecule has 1 N–H and O–H groups in total. The van der Waals surface area contributed by atoms with Crippen LogP contribution in [0, 0.1) is 0 Å². The van der Waals surface area contributed by atoms with Gasteiger partial charge in [-0.3, -0.25) is 0 Å². The highest BCUT2D eigenvalue weighted by Gasteiger charge is 2.23. The van der Waals surface area contributed by atoms with Gasteiger partial charge in [0.25, 0.3) is 0 Å². The molecule has 2 amide bonds. The van der Waals surface area contributed by atoms with Crippen LogP contribution < -0.4 is 10.1 Å². The number of fused-ring (bicyclic) bond motifs is 1. The van der Waals surface area contributed by atoms with E-state index < -0.39 is 0 Å². The van der Waals surface area contributed by atoms with E-state index in [0.717, 1.165) is 16.3 Å². The summed E-state index contributed by atoms with van der Waals surface area (Å²) < 4.78 is 6.03. The van der Waals surface area contributed by atoms with Crippen molar-refractivity contribution in [2.24, 2.45) is 0 Å². The SMILES string of the molecule is COc1ccccc1NC(=O)N1CCc2sc(Cl)cc2C1. The van der Waals surface area contributed by atoms with E-state index in [1.165, 1.54) is 4.88 Å². The van der Waals surface area contributed by atoms with Crippen LogP contribution in [0.25, 0.3) is 0 Å². The highest BCUT2D eigenvalue weighted by molar-refractivity contribution is 7.16. The number of rotatable bonds is 2. The molecule has 0 unspecified atom stereocenters. The van der Waals surface area contributed by atoms with Gasteiger partial charge in [-0.1, -0.05) is 23.7 Å². The second-order valence-corrected chi connectivity index (χ2v) is 6.57. The fraction of sp³-hybridized carbons (Fsp3) is 0.267. The van der Waals surface area contributed by atoms with Crippen LogP contribution in [-0.2, 0) is 13.0 Å². The lowest BCUT2D eigenvalue weighted by Gasteiger charge is -2.27. The highest BCUT2D eigenvalue weighted by atomic mass is 35.5. The van der Waals surface area contributed by atoms with Crippen LogP contribution in [0.4, 0.5) is 10.5 Å². The minimum absolute atomic E-state index is 0.118. The van der Waals surface area contributed by atoms with Gasteiger partial charge in [-0.05, 0) is 30.2 Å². The van der Waals surface area contributed by atoms with Gasteiger partial charge in [0.15, 0.2) is 0 Å². The maximum absolute atomic E-state index is 12.4. The summed E-state index contributed by atoms with van der Waals surface area (Å²) in [5.41, 5.74) is 1.82. The van der Waals surface area contributed by atoms with Gasteiger partial charge in [-0.15, -0.1) is 11.3 Å². The Morgan fingerprint density at radius 1 is 1.43 bits per heavy atom. The molecule has 1 aromatic carbocycles. The molecule has 1 aliphatic rings. The van der Waals surface area contributed by atoms with E-state index in [1.54, 1.807) is 23.3 Å². The van der Waals surface area contributed by atoms with Crippen molar-refractivity contribution in [2.45, 2.75) is 13.0 Å². The Hall–Kier alpha value is -1.72. The van der Waals surface area contributed by atoms with Crippen LogP contribution in [-0.4, -0.2) is 24.6 Å². The monoisotopic (exact) mass is 322 g/mol. The van der Waals surface area contributed by atoms with Gasteiger partial charge in [-0.25, -0.2) is 4.79 Å². The Morgan fingerprint density at radius 2 is 2.24 bits per heavy atom. The molecule has 2 heterocycles. The highest BCUT2D eigenvalue weighted by Crippen LogP contribution is 2.31. The fourth-order valence-corrected chi connectivity index (χ4v) is 3.71. The molecule has 1 aromatic heterocycles. The summed E-state index contributed by atoms with van der Waals surface area (Å²) in [7, 11) is 1.59. The van der Waals surface area contributed by atoms with Gasteiger partial charge < -0.3 is 15.0 Å². The van der Waals surface area contributed by atoms with E-state index >= 15 is 0 Å². The number of benzene rings is 1. The van der Waals surface area contributed by atoms with Crippen molar-refractivity contribution in [1.29, 1.82) is 0 Å². The minimum Gasteiger partial charge on any atom is -0.495 e. The molecule has 3 rings (SSSR count). The largest absolute Gasteiger partial charge is 0.495 e. The Bertz CT molecular complexity index is 671. The van der Waals surface area contributed by atoms with Crippen molar-refractivity contribution in [1.82, 2.24) is 4.90 Å². The van der Waals surface area contributed by atoms with Crippen molar-refractivity contribution in [3.05, 3.63) is 45.1 Å². The molecule has 0 atom stereocenters. The molecule has 0 spiro atoms. The molecular weight excluding hydrogens is 308 g/mol. The second-order valence-electron chi connectivity index (χ2n) is 4.80. The third-order valence-corrected chi connectivity index (χ3v) is 4.84. The van der Waals surface area contributed by atoms with Crippen LogP contribution in [0.5, 0.6) is 5.75 Å². The van der Waals surface area contributed by atoms with Crippen molar-refractivity contribution in [3.8, 4) is 5.75 Å². The number of carbonyl (C=O) groups is 1. The summed E-state index contributed by atoms with van der Waals surface area (Å²) in [5.74, 6) is 0.655. The maximum atomic E-state index is 12.4. The molecule has 0 saturated heterocycles. The molecule has 0 saturated carbocycles. The molecule has 110 valence electrons. The third-order valence-electron chi connectivity index (χ3n) is 3.47. The van der Waals surface area contributed by atoms with Crippen LogP contribution in [0.2, 0.25) is 4.34 Å².